The molecule has 2 amide bonds. The molecule has 1 aliphatic heterocycles. The van der Waals surface area contributed by atoms with Crippen LogP contribution in [0.4, 0.5) is 18.9 Å². The van der Waals surface area contributed by atoms with Gasteiger partial charge in [0.2, 0.25) is 0 Å². The van der Waals surface area contributed by atoms with Crippen LogP contribution >= 0.6 is 11.8 Å². The second kappa shape index (κ2) is 7.96. The summed E-state index contributed by atoms with van der Waals surface area (Å²) in [5.74, 6) is -0.532. The largest absolute Gasteiger partial charge is 0.573 e. The van der Waals surface area contributed by atoms with Crippen LogP contribution in [-0.2, 0) is 14.3 Å². The monoisotopic (exact) mass is 378 g/mol. The molecule has 1 heterocycles. The van der Waals surface area contributed by atoms with Crippen LogP contribution in [0.3, 0.4) is 0 Å². The van der Waals surface area contributed by atoms with Crippen molar-refractivity contribution in [3.05, 3.63) is 24.3 Å². The topological polar surface area (TPSA) is 76.7 Å². The molecule has 0 radical (unpaired) electrons. The normalized spacial score (nSPS) is 20.2. The van der Waals surface area contributed by atoms with Crippen LogP contribution < -0.4 is 15.4 Å². The van der Waals surface area contributed by atoms with Gasteiger partial charge in [-0.25, -0.2) is 0 Å². The summed E-state index contributed by atoms with van der Waals surface area (Å²) in [4.78, 5) is 23.7. The first kappa shape index (κ1) is 19.4. The number of rotatable bonds is 5. The predicted octanol–water partition coefficient (Wildman–Crippen LogP) is 2.16. The summed E-state index contributed by atoms with van der Waals surface area (Å²) in [6.45, 7) is 0.209. The molecule has 138 valence electrons. The predicted molar refractivity (Wildman–Crippen MR) is 86.4 cm³/mol. The van der Waals surface area contributed by atoms with Gasteiger partial charge in [0.1, 0.15) is 5.75 Å². The first-order valence-corrected chi connectivity index (χ1v) is 8.46. The van der Waals surface area contributed by atoms with Gasteiger partial charge in [0.25, 0.3) is 0 Å². The van der Waals surface area contributed by atoms with E-state index in [0.29, 0.717) is 0 Å². The third-order valence-corrected chi connectivity index (χ3v) is 4.85. The minimum Gasteiger partial charge on any atom is -0.406 e. The van der Waals surface area contributed by atoms with Crippen molar-refractivity contribution >= 4 is 29.3 Å². The number of thioether (sulfide) groups is 1. The van der Waals surface area contributed by atoms with Crippen LogP contribution in [0.1, 0.15) is 6.42 Å². The van der Waals surface area contributed by atoms with Gasteiger partial charge >= 0.3 is 18.2 Å². The summed E-state index contributed by atoms with van der Waals surface area (Å²) in [5.41, 5.74) is -0.301. The van der Waals surface area contributed by atoms with E-state index in [-0.39, 0.29) is 12.2 Å². The number of hydrogen-bond acceptors (Lipinski definition) is 5. The Labute approximate surface area is 146 Å². The number of alkyl halides is 3. The summed E-state index contributed by atoms with van der Waals surface area (Å²) >= 11 is 1.70. The fraction of sp³-hybridized carbons (Fsp3) is 0.467. The lowest BCUT2D eigenvalue weighted by atomic mass is 10.0. The van der Waals surface area contributed by atoms with Crippen molar-refractivity contribution in [2.24, 2.45) is 0 Å². The highest BCUT2D eigenvalue weighted by Crippen LogP contribution is 2.30. The molecule has 1 saturated heterocycles. The van der Waals surface area contributed by atoms with Gasteiger partial charge in [-0.2, -0.15) is 11.8 Å². The van der Waals surface area contributed by atoms with Crippen LogP contribution in [0, 0.1) is 0 Å². The molecule has 0 spiro atoms. The van der Waals surface area contributed by atoms with E-state index in [2.05, 4.69) is 15.4 Å². The molecule has 2 N–H and O–H groups in total. The van der Waals surface area contributed by atoms with Crippen molar-refractivity contribution in [2.75, 3.05) is 30.5 Å². The Kier molecular flexibility index (Phi) is 6.17. The molecule has 1 aliphatic rings. The molecule has 2 rings (SSSR count). The first-order valence-electron chi connectivity index (χ1n) is 7.31. The molecule has 1 unspecified atom stereocenters. The highest BCUT2D eigenvalue weighted by atomic mass is 32.2. The zero-order valence-electron chi connectivity index (χ0n) is 13.3. The number of hydrogen-bond donors (Lipinski definition) is 2. The molecule has 1 atom stereocenters. The summed E-state index contributed by atoms with van der Waals surface area (Å²) in [6.07, 6.45) is -4.02. The van der Waals surface area contributed by atoms with Crippen LogP contribution in [0.25, 0.3) is 0 Å². The van der Waals surface area contributed by atoms with Crippen molar-refractivity contribution in [1.82, 2.24) is 5.32 Å². The van der Waals surface area contributed by atoms with Crippen LogP contribution in [0.5, 0.6) is 5.75 Å². The fourth-order valence-electron chi connectivity index (χ4n) is 2.21. The number of ether oxygens (including phenoxy) is 2. The van der Waals surface area contributed by atoms with Crippen molar-refractivity contribution in [2.45, 2.75) is 18.4 Å². The van der Waals surface area contributed by atoms with Gasteiger partial charge in [-0.3, -0.25) is 9.59 Å². The minimum atomic E-state index is -4.79. The molecular weight excluding hydrogens is 361 g/mol. The number of methoxy groups -OCH3 is 1. The number of halogens is 3. The average Bonchev–Trinajstić information content (AvgIpc) is 3.02. The van der Waals surface area contributed by atoms with E-state index in [0.717, 1.165) is 30.1 Å². The first-order chi connectivity index (χ1) is 11.7. The number of amides is 2. The minimum absolute atomic E-state index is 0.174. The van der Waals surface area contributed by atoms with Crippen LogP contribution in [-0.4, -0.2) is 48.9 Å². The molecule has 0 aromatic heterocycles. The second-order valence-electron chi connectivity index (χ2n) is 5.40. The summed E-state index contributed by atoms with van der Waals surface area (Å²) in [7, 11) is 1.56. The van der Waals surface area contributed by atoms with Gasteiger partial charge < -0.3 is 20.1 Å². The third kappa shape index (κ3) is 5.82. The lowest BCUT2D eigenvalue weighted by Crippen LogP contribution is -2.47. The average molecular weight is 378 g/mol. The Morgan fingerprint density at radius 2 is 1.92 bits per heavy atom. The summed E-state index contributed by atoms with van der Waals surface area (Å²) < 4.78 is 45.4. The van der Waals surface area contributed by atoms with E-state index in [1.165, 1.54) is 12.1 Å². The van der Waals surface area contributed by atoms with Gasteiger partial charge in [-0.05, 0) is 36.4 Å². The standard InChI is InChI=1S/C15H17F3N2O4S/c1-23-14(6-7-25-9-14)8-19-12(21)13(22)20-10-2-4-11(5-3-10)24-15(16,17)18/h2-5H,6-9H2,1H3,(H,19,21)(H,20,22). The van der Waals surface area contributed by atoms with E-state index in [4.69, 9.17) is 4.74 Å². The molecule has 0 bridgehead atoms. The van der Waals surface area contributed by atoms with Crippen LogP contribution in [0.2, 0.25) is 0 Å². The lowest BCUT2D eigenvalue weighted by Gasteiger charge is -2.26. The number of carbonyl (C=O) groups excluding carboxylic acids is 2. The fourth-order valence-corrected chi connectivity index (χ4v) is 3.61. The van der Waals surface area contributed by atoms with Crippen molar-refractivity contribution < 1.29 is 32.2 Å². The van der Waals surface area contributed by atoms with Crippen molar-refractivity contribution in [3.8, 4) is 5.75 Å². The molecule has 6 nitrogen and oxygen atoms in total. The smallest absolute Gasteiger partial charge is 0.406 e. The zero-order valence-corrected chi connectivity index (χ0v) is 14.1. The van der Waals surface area contributed by atoms with Gasteiger partial charge in [-0.15, -0.1) is 13.2 Å². The Hall–Kier alpha value is -1.94. The molecule has 1 aromatic carbocycles. The number of nitrogens with one attached hydrogen (secondary N) is 2. The summed E-state index contributed by atoms with van der Waals surface area (Å²) in [5, 5.41) is 4.82. The third-order valence-electron chi connectivity index (χ3n) is 3.62. The maximum Gasteiger partial charge on any atom is 0.573 e. The molecule has 1 aromatic rings. The van der Waals surface area contributed by atoms with Crippen molar-refractivity contribution in [1.29, 1.82) is 0 Å². The molecular formula is C15H17F3N2O4S. The van der Waals surface area contributed by atoms with Gasteiger partial charge in [0, 0.05) is 25.1 Å². The number of carbonyl (C=O) groups is 2. The van der Waals surface area contributed by atoms with E-state index < -0.39 is 29.5 Å². The lowest BCUT2D eigenvalue weighted by molar-refractivity contribution is -0.274. The van der Waals surface area contributed by atoms with Crippen molar-refractivity contribution in [3.63, 3.8) is 0 Å². The Morgan fingerprint density at radius 3 is 2.44 bits per heavy atom. The maximum absolute atomic E-state index is 12.1. The second-order valence-corrected chi connectivity index (χ2v) is 6.50. The van der Waals surface area contributed by atoms with Gasteiger partial charge in [0.15, 0.2) is 0 Å². The number of benzene rings is 1. The Bertz CT molecular complexity index is 616. The highest BCUT2D eigenvalue weighted by Gasteiger charge is 2.35. The zero-order chi connectivity index (χ0) is 18.5. The number of anilines is 1. The van der Waals surface area contributed by atoms with E-state index in [1.807, 2.05) is 0 Å². The molecule has 10 heteroatoms. The molecule has 1 fully saturated rings. The highest BCUT2D eigenvalue weighted by molar-refractivity contribution is 7.99. The quantitative estimate of drug-likeness (QED) is 0.768. The molecule has 25 heavy (non-hydrogen) atoms. The van der Waals surface area contributed by atoms with Crippen LogP contribution in [0.15, 0.2) is 24.3 Å². The Morgan fingerprint density at radius 1 is 1.24 bits per heavy atom. The van der Waals surface area contributed by atoms with Gasteiger partial charge in [-0.1, -0.05) is 0 Å². The maximum atomic E-state index is 12.1. The molecule has 0 saturated carbocycles. The van der Waals surface area contributed by atoms with E-state index >= 15 is 0 Å². The van der Waals surface area contributed by atoms with Gasteiger partial charge in [0.05, 0.1) is 5.60 Å². The van der Waals surface area contributed by atoms with E-state index in [9.17, 15) is 22.8 Å². The van der Waals surface area contributed by atoms with E-state index in [1.54, 1.807) is 18.9 Å². The SMILES string of the molecule is COC1(CNC(=O)C(=O)Nc2ccc(OC(F)(F)F)cc2)CCSC1. The Balaban J connectivity index is 1.85. The molecule has 0 aliphatic carbocycles. The summed E-state index contributed by atoms with van der Waals surface area (Å²) in [6, 6.07) is 4.49.